The lowest BCUT2D eigenvalue weighted by Gasteiger charge is -2.29. The van der Waals surface area contributed by atoms with Crippen LogP contribution in [-0.2, 0) is 14.8 Å². The van der Waals surface area contributed by atoms with Crippen LogP contribution in [0.4, 0.5) is 0 Å². The molecule has 1 heterocycles. The van der Waals surface area contributed by atoms with Gasteiger partial charge >= 0.3 is 0 Å². The molecule has 0 radical (unpaired) electrons. The molecule has 0 spiro atoms. The van der Waals surface area contributed by atoms with Crippen molar-refractivity contribution in [3.8, 4) is 0 Å². The number of carbonyl (C=O) groups is 1. The van der Waals surface area contributed by atoms with Gasteiger partial charge in [-0.25, -0.2) is 8.42 Å². The molecule has 1 amide bonds. The van der Waals surface area contributed by atoms with Crippen molar-refractivity contribution in [1.82, 2.24) is 14.5 Å². The first-order valence-corrected chi connectivity index (χ1v) is 10.5. The molecule has 1 aliphatic rings. The number of piperazine rings is 1. The maximum absolute atomic E-state index is 12.9. The van der Waals surface area contributed by atoms with E-state index in [-0.39, 0.29) is 18.9 Å². The molecular weight excluding hydrogens is 338 g/mol. The lowest BCUT2D eigenvalue weighted by atomic mass is 10.2. The zero-order valence-corrected chi connectivity index (χ0v) is 15.8. The van der Waals surface area contributed by atoms with Crippen molar-refractivity contribution >= 4 is 15.9 Å². The van der Waals surface area contributed by atoms with Crippen LogP contribution in [-0.4, -0.2) is 62.8 Å². The highest BCUT2D eigenvalue weighted by atomic mass is 32.2. The fourth-order valence-electron chi connectivity index (χ4n) is 2.92. The number of carbonyl (C=O) groups excluding carboxylic acids is 1. The van der Waals surface area contributed by atoms with E-state index in [4.69, 9.17) is 0 Å². The molecule has 1 fully saturated rings. The fourth-order valence-corrected chi connectivity index (χ4v) is 4.42. The van der Waals surface area contributed by atoms with Crippen LogP contribution in [0.2, 0.25) is 0 Å². The summed E-state index contributed by atoms with van der Waals surface area (Å²) in [4.78, 5) is 14.5. The minimum Gasteiger partial charge on any atom is -0.340 e. The van der Waals surface area contributed by atoms with E-state index in [0.717, 1.165) is 32.4 Å². The summed E-state index contributed by atoms with van der Waals surface area (Å²) in [5, 5.41) is 3.21. The van der Waals surface area contributed by atoms with Gasteiger partial charge < -0.3 is 10.2 Å². The van der Waals surface area contributed by atoms with Gasteiger partial charge in [0, 0.05) is 45.7 Å². The van der Waals surface area contributed by atoms with E-state index in [2.05, 4.69) is 12.2 Å². The Kier molecular flexibility index (Phi) is 7.87. The van der Waals surface area contributed by atoms with Gasteiger partial charge in [-0.2, -0.15) is 4.31 Å². The van der Waals surface area contributed by atoms with Crippen LogP contribution in [0.15, 0.2) is 35.2 Å². The first-order chi connectivity index (χ1) is 12.1. The van der Waals surface area contributed by atoms with E-state index in [1.54, 1.807) is 30.3 Å². The van der Waals surface area contributed by atoms with Crippen molar-refractivity contribution in [2.24, 2.45) is 0 Å². The number of rotatable bonds is 9. The van der Waals surface area contributed by atoms with E-state index >= 15 is 0 Å². The second-order valence-electron chi connectivity index (χ2n) is 6.31. The smallest absolute Gasteiger partial charge is 0.243 e. The second-order valence-corrected chi connectivity index (χ2v) is 8.24. The van der Waals surface area contributed by atoms with Crippen LogP contribution in [0, 0.1) is 0 Å². The number of benzene rings is 1. The Labute approximate surface area is 151 Å². The van der Waals surface area contributed by atoms with Gasteiger partial charge in [0.1, 0.15) is 0 Å². The predicted molar refractivity (Wildman–Crippen MR) is 98.8 cm³/mol. The highest BCUT2D eigenvalue weighted by Crippen LogP contribution is 2.17. The normalized spacial score (nSPS) is 15.5. The van der Waals surface area contributed by atoms with Gasteiger partial charge in [-0.05, 0) is 18.6 Å². The molecule has 1 N–H and O–H groups in total. The quantitative estimate of drug-likeness (QED) is 0.675. The number of hydrogen-bond donors (Lipinski definition) is 1. The van der Waals surface area contributed by atoms with E-state index in [1.165, 1.54) is 4.31 Å². The Morgan fingerprint density at radius 1 is 1.12 bits per heavy atom. The van der Waals surface area contributed by atoms with Crippen molar-refractivity contribution in [2.45, 2.75) is 37.5 Å². The molecule has 1 aromatic rings. The molecule has 0 atom stereocenters. The summed E-state index contributed by atoms with van der Waals surface area (Å²) < 4.78 is 27.3. The van der Waals surface area contributed by atoms with Crippen molar-refractivity contribution in [1.29, 1.82) is 0 Å². The number of unbranched alkanes of at least 4 members (excludes halogenated alkanes) is 2. The third-order valence-corrected chi connectivity index (χ3v) is 6.35. The summed E-state index contributed by atoms with van der Waals surface area (Å²) in [6.45, 7) is 5.77. The fraction of sp³-hybridized carbons (Fsp3) is 0.611. The molecule has 0 aliphatic carbocycles. The van der Waals surface area contributed by atoms with Crippen molar-refractivity contribution in [3.05, 3.63) is 30.3 Å². The van der Waals surface area contributed by atoms with Gasteiger partial charge in [0.25, 0.3) is 0 Å². The molecule has 0 saturated carbocycles. The van der Waals surface area contributed by atoms with E-state index in [9.17, 15) is 13.2 Å². The molecule has 7 heteroatoms. The Balaban J connectivity index is 2.03. The third-order valence-electron chi connectivity index (χ3n) is 4.44. The summed E-state index contributed by atoms with van der Waals surface area (Å²) in [6, 6.07) is 8.47. The van der Waals surface area contributed by atoms with Gasteiger partial charge in [-0.1, -0.05) is 38.0 Å². The molecule has 6 nitrogen and oxygen atoms in total. The van der Waals surface area contributed by atoms with Gasteiger partial charge in [-0.3, -0.25) is 4.79 Å². The maximum Gasteiger partial charge on any atom is 0.243 e. The highest BCUT2D eigenvalue weighted by molar-refractivity contribution is 7.89. The SMILES string of the molecule is CCCCCN(CCC(=O)N1CCNCC1)S(=O)(=O)c1ccccc1. The molecule has 140 valence electrons. The highest BCUT2D eigenvalue weighted by Gasteiger charge is 2.25. The summed E-state index contributed by atoms with van der Waals surface area (Å²) in [7, 11) is -3.56. The maximum atomic E-state index is 12.9. The average molecular weight is 368 g/mol. The largest absolute Gasteiger partial charge is 0.340 e. The molecule has 1 aliphatic heterocycles. The Morgan fingerprint density at radius 3 is 2.44 bits per heavy atom. The first kappa shape index (κ1) is 19.9. The summed E-state index contributed by atoms with van der Waals surface area (Å²) >= 11 is 0. The van der Waals surface area contributed by atoms with Crippen LogP contribution in [0.1, 0.15) is 32.6 Å². The lowest BCUT2D eigenvalue weighted by molar-refractivity contribution is -0.131. The average Bonchev–Trinajstić information content (AvgIpc) is 2.65. The second kappa shape index (κ2) is 9.89. The number of nitrogens with one attached hydrogen (secondary N) is 1. The van der Waals surface area contributed by atoms with Crippen LogP contribution >= 0.6 is 0 Å². The van der Waals surface area contributed by atoms with Crippen molar-refractivity contribution in [3.63, 3.8) is 0 Å². The zero-order chi connectivity index (χ0) is 18.1. The predicted octanol–water partition coefficient (Wildman–Crippen LogP) is 1.69. The van der Waals surface area contributed by atoms with Gasteiger partial charge in [0.2, 0.25) is 15.9 Å². The summed E-state index contributed by atoms with van der Waals surface area (Å²) in [6.07, 6.45) is 3.05. The number of amides is 1. The van der Waals surface area contributed by atoms with Gasteiger partial charge in [0.15, 0.2) is 0 Å². The van der Waals surface area contributed by atoms with Crippen LogP contribution in [0.3, 0.4) is 0 Å². The molecule has 0 bridgehead atoms. The van der Waals surface area contributed by atoms with Crippen molar-refractivity contribution in [2.75, 3.05) is 39.3 Å². The Hall–Kier alpha value is -1.44. The molecule has 0 aromatic heterocycles. The molecular formula is C18H29N3O3S. The van der Waals surface area contributed by atoms with Crippen LogP contribution in [0.5, 0.6) is 0 Å². The van der Waals surface area contributed by atoms with Crippen molar-refractivity contribution < 1.29 is 13.2 Å². The van der Waals surface area contributed by atoms with E-state index in [0.29, 0.717) is 24.5 Å². The Bertz CT molecular complexity index is 628. The molecule has 1 aromatic carbocycles. The third kappa shape index (κ3) is 5.80. The molecule has 2 rings (SSSR count). The monoisotopic (exact) mass is 367 g/mol. The van der Waals surface area contributed by atoms with Crippen LogP contribution in [0.25, 0.3) is 0 Å². The minimum absolute atomic E-state index is 0.0326. The molecule has 25 heavy (non-hydrogen) atoms. The number of nitrogens with zero attached hydrogens (tertiary/aromatic N) is 2. The zero-order valence-electron chi connectivity index (χ0n) is 15.0. The lowest BCUT2D eigenvalue weighted by Crippen LogP contribution is -2.47. The van der Waals surface area contributed by atoms with E-state index < -0.39 is 10.0 Å². The number of sulfonamides is 1. The van der Waals surface area contributed by atoms with E-state index in [1.807, 2.05) is 4.90 Å². The first-order valence-electron chi connectivity index (χ1n) is 9.09. The van der Waals surface area contributed by atoms with Gasteiger partial charge in [-0.15, -0.1) is 0 Å². The topological polar surface area (TPSA) is 69.7 Å². The Morgan fingerprint density at radius 2 is 1.80 bits per heavy atom. The summed E-state index contributed by atoms with van der Waals surface area (Å²) in [5.41, 5.74) is 0. The van der Waals surface area contributed by atoms with Gasteiger partial charge in [0.05, 0.1) is 4.90 Å². The van der Waals surface area contributed by atoms with Crippen LogP contribution < -0.4 is 5.32 Å². The number of hydrogen-bond acceptors (Lipinski definition) is 4. The minimum atomic E-state index is -3.56. The standard InChI is InChI=1S/C18H29N3O3S/c1-2-3-7-13-21(25(23,24)17-8-5-4-6-9-17)14-10-18(22)20-15-11-19-12-16-20/h4-6,8-9,19H,2-3,7,10-16H2,1H3. The molecule has 1 saturated heterocycles. The summed E-state index contributed by atoms with van der Waals surface area (Å²) in [5.74, 6) is 0.0326. The molecule has 0 unspecified atom stereocenters.